The Hall–Kier alpha value is -1.85. The average molecular weight is 279 g/mol. The molecule has 6 heteroatoms. The topological polar surface area (TPSA) is 75.4 Å². The van der Waals surface area contributed by atoms with Gasteiger partial charge in [0.2, 0.25) is 0 Å². The summed E-state index contributed by atoms with van der Waals surface area (Å²) in [4.78, 5) is 24.8. The van der Waals surface area contributed by atoms with Crippen molar-refractivity contribution < 1.29 is 14.7 Å². The number of amides is 1. The number of carbonyl (C=O) groups is 2. The Bertz CT molecular complexity index is 502. The van der Waals surface area contributed by atoms with Crippen LogP contribution in [0.2, 0.25) is 0 Å². The van der Waals surface area contributed by atoms with Crippen molar-refractivity contribution in [2.24, 2.45) is 13.0 Å². The van der Waals surface area contributed by atoms with Crippen LogP contribution in [0.15, 0.2) is 6.20 Å². The molecule has 20 heavy (non-hydrogen) atoms. The maximum absolute atomic E-state index is 12.4. The minimum absolute atomic E-state index is 0.0345. The molecule has 1 N–H and O–H groups in total. The summed E-state index contributed by atoms with van der Waals surface area (Å²) >= 11 is 0. The van der Waals surface area contributed by atoms with E-state index >= 15 is 0 Å². The van der Waals surface area contributed by atoms with Crippen LogP contribution >= 0.6 is 0 Å². The number of aromatic nitrogens is 2. The standard InChI is InChI=1S/C14H21N3O3/c1-10-12(9-16(2)15-10)14(20)17-7-5-11(6-8-17)3-4-13(18)19/h9,11H,3-8H2,1-2H3,(H,18,19). The lowest BCUT2D eigenvalue weighted by atomic mass is 9.92. The number of carboxylic acids is 1. The molecular weight excluding hydrogens is 258 g/mol. The lowest BCUT2D eigenvalue weighted by Crippen LogP contribution is -2.38. The molecule has 0 spiro atoms. The van der Waals surface area contributed by atoms with Crippen molar-refractivity contribution in [2.45, 2.75) is 32.6 Å². The van der Waals surface area contributed by atoms with Gasteiger partial charge in [0, 0.05) is 32.8 Å². The molecule has 0 aromatic carbocycles. The third-order valence-electron chi connectivity index (χ3n) is 3.91. The number of aliphatic carboxylic acids is 1. The van der Waals surface area contributed by atoms with Gasteiger partial charge in [-0.25, -0.2) is 0 Å². The van der Waals surface area contributed by atoms with Gasteiger partial charge < -0.3 is 10.0 Å². The van der Waals surface area contributed by atoms with Crippen molar-refractivity contribution in [3.63, 3.8) is 0 Å². The lowest BCUT2D eigenvalue weighted by Gasteiger charge is -2.31. The van der Waals surface area contributed by atoms with Crippen molar-refractivity contribution >= 4 is 11.9 Å². The molecule has 1 fully saturated rings. The van der Waals surface area contributed by atoms with Gasteiger partial charge in [0.25, 0.3) is 5.91 Å². The van der Waals surface area contributed by atoms with Crippen LogP contribution in [-0.2, 0) is 11.8 Å². The third-order valence-corrected chi connectivity index (χ3v) is 3.91. The van der Waals surface area contributed by atoms with E-state index in [2.05, 4.69) is 5.10 Å². The van der Waals surface area contributed by atoms with Crippen molar-refractivity contribution in [1.82, 2.24) is 14.7 Å². The lowest BCUT2D eigenvalue weighted by molar-refractivity contribution is -0.137. The first-order chi connectivity index (χ1) is 9.47. The van der Waals surface area contributed by atoms with Crippen molar-refractivity contribution in [2.75, 3.05) is 13.1 Å². The van der Waals surface area contributed by atoms with Crippen LogP contribution < -0.4 is 0 Å². The van der Waals surface area contributed by atoms with Crippen molar-refractivity contribution in [1.29, 1.82) is 0 Å². The van der Waals surface area contributed by atoms with Gasteiger partial charge in [-0.05, 0) is 32.1 Å². The number of piperidine rings is 1. The molecule has 0 radical (unpaired) electrons. The number of nitrogens with zero attached hydrogens (tertiary/aromatic N) is 3. The molecule has 1 aromatic heterocycles. The molecule has 0 atom stereocenters. The van der Waals surface area contributed by atoms with E-state index in [-0.39, 0.29) is 12.3 Å². The van der Waals surface area contributed by atoms with E-state index in [0.29, 0.717) is 31.0 Å². The minimum atomic E-state index is -0.741. The van der Waals surface area contributed by atoms with Gasteiger partial charge in [-0.2, -0.15) is 5.10 Å². The summed E-state index contributed by atoms with van der Waals surface area (Å²) < 4.78 is 1.65. The highest BCUT2D eigenvalue weighted by Crippen LogP contribution is 2.23. The first-order valence-corrected chi connectivity index (χ1v) is 6.98. The zero-order valence-corrected chi connectivity index (χ0v) is 12.0. The molecule has 1 aliphatic rings. The van der Waals surface area contributed by atoms with Gasteiger partial charge in [-0.15, -0.1) is 0 Å². The van der Waals surface area contributed by atoms with Crippen LogP contribution in [-0.4, -0.2) is 44.8 Å². The summed E-state index contributed by atoms with van der Waals surface area (Å²) in [5.74, 6) is -0.285. The Morgan fingerprint density at radius 1 is 1.40 bits per heavy atom. The molecule has 6 nitrogen and oxygen atoms in total. The van der Waals surface area contributed by atoms with Crippen LogP contribution in [0.3, 0.4) is 0 Å². The number of carboxylic acid groups (broad SMARTS) is 1. The van der Waals surface area contributed by atoms with E-state index in [9.17, 15) is 9.59 Å². The maximum Gasteiger partial charge on any atom is 0.303 e. The molecule has 1 saturated heterocycles. The van der Waals surface area contributed by atoms with Crippen LogP contribution in [0.25, 0.3) is 0 Å². The molecule has 0 aliphatic carbocycles. The van der Waals surface area contributed by atoms with Crippen molar-refractivity contribution in [3.8, 4) is 0 Å². The second kappa shape index (κ2) is 6.07. The van der Waals surface area contributed by atoms with Gasteiger partial charge in [0.15, 0.2) is 0 Å². The Balaban J connectivity index is 1.89. The monoisotopic (exact) mass is 279 g/mol. The quantitative estimate of drug-likeness (QED) is 0.905. The molecule has 0 unspecified atom stereocenters. The fourth-order valence-corrected chi connectivity index (χ4v) is 2.73. The van der Waals surface area contributed by atoms with Gasteiger partial charge in [-0.1, -0.05) is 0 Å². The fourth-order valence-electron chi connectivity index (χ4n) is 2.73. The summed E-state index contributed by atoms with van der Waals surface area (Å²) in [5, 5.41) is 12.9. The fraction of sp³-hybridized carbons (Fsp3) is 0.643. The predicted molar refractivity (Wildman–Crippen MR) is 73.4 cm³/mol. The third kappa shape index (κ3) is 3.37. The van der Waals surface area contributed by atoms with Crippen LogP contribution in [0.5, 0.6) is 0 Å². The Morgan fingerprint density at radius 2 is 2.05 bits per heavy atom. The van der Waals surface area contributed by atoms with E-state index in [1.807, 2.05) is 18.9 Å². The second-order valence-corrected chi connectivity index (χ2v) is 5.47. The Kier molecular flexibility index (Phi) is 4.42. The maximum atomic E-state index is 12.4. The van der Waals surface area contributed by atoms with Gasteiger partial charge in [-0.3, -0.25) is 14.3 Å². The molecule has 1 aromatic rings. The number of likely N-dealkylation sites (tertiary alicyclic amines) is 1. The number of carbonyl (C=O) groups excluding carboxylic acids is 1. The molecule has 0 bridgehead atoms. The highest BCUT2D eigenvalue weighted by Gasteiger charge is 2.25. The molecular formula is C14H21N3O3. The van der Waals surface area contributed by atoms with Crippen molar-refractivity contribution in [3.05, 3.63) is 17.5 Å². The first-order valence-electron chi connectivity index (χ1n) is 6.98. The number of hydrogen-bond acceptors (Lipinski definition) is 3. The van der Waals surface area contributed by atoms with Crippen LogP contribution in [0, 0.1) is 12.8 Å². The SMILES string of the molecule is Cc1nn(C)cc1C(=O)N1CCC(CCC(=O)O)CC1. The molecule has 110 valence electrons. The van der Waals surface area contributed by atoms with E-state index < -0.39 is 5.97 Å². The number of rotatable bonds is 4. The highest BCUT2D eigenvalue weighted by molar-refractivity contribution is 5.95. The molecule has 1 amide bonds. The van der Waals surface area contributed by atoms with Gasteiger partial charge in [0.05, 0.1) is 11.3 Å². The Labute approximate surface area is 118 Å². The van der Waals surface area contributed by atoms with Gasteiger partial charge >= 0.3 is 5.97 Å². The van der Waals surface area contributed by atoms with Crippen LogP contribution in [0.4, 0.5) is 0 Å². The molecule has 2 rings (SSSR count). The smallest absolute Gasteiger partial charge is 0.303 e. The molecule has 1 aliphatic heterocycles. The first kappa shape index (κ1) is 14.6. The van der Waals surface area contributed by atoms with Crippen LogP contribution in [0.1, 0.15) is 41.7 Å². The number of aryl methyl sites for hydroxylation is 2. The molecule has 0 saturated carbocycles. The van der Waals surface area contributed by atoms with Gasteiger partial charge in [0.1, 0.15) is 0 Å². The van der Waals surface area contributed by atoms with E-state index in [1.54, 1.807) is 10.9 Å². The van der Waals surface area contributed by atoms with E-state index in [4.69, 9.17) is 5.11 Å². The van der Waals surface area contributed by atoms with E-state index in [1.165, 1.54) is 0 Å². The molecule has 2 heterocycles. The average Bonchev–Trinajstić information content (AvgIpc) is 2.75. The van der Waals surface area contributed by atoms with E-state index in [0.717, 1.165) is 18.5 Å². The Morgan fingerprint density at radius 3 is 2.55 bits per heavy atom. The zero-order chi connectivity index (χ0) is 14.7. The predicted octanol–water partition coefficient (Wildman–Crippen LogP) is 1.45. The zero-order valence-electron chi connectivity index (χ0n) is 12.0. The normalized spacial score (nSPS) is 16.4. The summed E-state index contributed by atoms with van der Waals surface area (Å²) in [6.07, 6.45) is 4.47. The summed E-state index contributed by atoms with van der Waals surface area (Å²) in [6, 6.07) is 0. The number of hydrogen-bond donors (Lipinski definition) is 1. The summed E-state index contributed by atoms with van der Waals surface area (Å²) in [7, 11) is 1.81. The largest absolute Gasteiger partial charge is 0.481 e. The second-order valence-electron chi connectivity index (χ2n) is 5.47. The summed E-state index contributed by atoms with van der Waals surface area (Å²) in [5.41, 5.74) is 1.42. The minimum Gasteiger partial charge on any atom is -0.481 e. The highest BCUT2D eigenvalue weighted by atomic mass is 16.4. The summed E-state index contributed by atoms with van der Waals surface area (Å²) in [6.45, 7) is 3.25.